The molecule has 0 aromatic carbocycles. The Kier molecular flexibility index (Phi) is 2.55. The topological polar surface area (TPSA) is 50.7 Å². The van der Waals surface area contributed by atoms with Crippen LogP contribution in [0.5, 0.6) is 0 Å². The highest BCUT2D eigenvalue weighted by atomic mass is 16.7. The Morgan fingerprint density at radius 1 is 1.46 bits per heavy atom. The molecule has 2 fully saturated rings. The second-order valence-corrected chi connectivity index (χ2v) is 4.12. The number of ether oxygens (including phenoxy) is 2. The molecular formula is C9H17NO3. The highest BCUT2D eigenvalue weighted by Crippen LogP contribution is 2.39. The van der Waals surface area contributed by atoms with Gasteiger partial charge in [-0.05, 0) is 19.3 Å². The van der Waals surface area contributed by atoms with Gasteiger partial charge in [-0.2, -0.15) is 0 Å². The maximum absolute atomic E-state index is 9.23. The van der Waals surface area contributed by atoms with E-state index in [0.29, 0.717) is 6.79 Å². The molecule has 1 atom stereocenters. The van der Waals surface area contributed by atoms with Crippen LogP contribution in [0, 0.1) is 0 Å². The summed E-state index contributed by atoms with van der Waals surface area (Å²) in [5.74, 6) is 0. The molecule has 0 amide bonds. The monoisotopic (exact) mass is 187 g/mol. The van der Waals surface area contributed by atoms with Crippen molar-refractivity contribution in [3.8, 4) is 0 Å². The van der Waals surface area contributed by atoms with Gasteiger partial charge in [-0.3, -0.25) is 0 Å². The van der Waals surface area contributed by atoms with E-state index in [2.05, 4.69) is 5.32 Å². The number of methoxy groups -OCH3 is 1. The maximum atomic E-state index is 9.23. The third kappa shape index (κ3) is 1.86. The van der Waals surface area contributed by atoms with E-state index in [1.165, 1.54) is 0 Å². The zero-order valence-corrected chi connectivity index (χ0v) is 7.95. The minimum Gasteiger partial charge on any atom is -0.393 e. The van der Waals surface area contributed by atoms with Gasteiger partial charge in [0.25, 0.3) is 0 Å². The number of nitrogens with one attached hydrogen (secondary N) is 1. The van der Waals surface area contributed by atoms with E-state index in [1.54, 1.807) is 7.11 Å². The smallest absolute Gasteiger partial charge is 0.146 e. The largest absolute Gasteiger partial charge is 0.393 e. The van der Waals surface area contributed by atoms with Crippen molar-refractivity contribution in [3.63, 3.8) is 0 Å². The van der Waals surface area contributed by atoms with Gasteiger partial charge in [-0.25, -0.2) is 0 Å². The van der Waals surface area contributed by atoms with Crippen LogP contribution in [0.1, 0.15) is 19.3 Å². The number of hydrogen-bond acceptors (Lipinski definition) is 4. The molecule has 2 rings (SSSR count). The molecule has 76 valence electrons. The summed E-state index contributed by atoms with van der Waals surface area (Å²) in [5, 5.41) is 12.6. The van der Waals surface area contributed by atoms with Crippen molar-refractivity contribution in [2.45, 2.75) is 37.0 Å². The minimum absolute atomic E-state index is 0.103. The molecule has 1 saturated carbocycles. The Bertz CT molecular complexity index is 180. The molecule has 2 aliphatic rings. The molecule has 13 heavy (non-hydrogen) atoms. The molecule has 0 bridgehead atoms. The van der Waals surface area contributed by atoms with Gasteiger partial charge >= 0.3 is 0 Å². The average molecular weight is 187 g/mol. The molecule has 4 heteroatoms. The van der Waals surface area contributed by atoms with Gasteiger partial charge in [0.05, 0.1) is 12.2 Å². The van der Waals surface area contributed by atoms with Gasteiger partial charge in [0, 0.05) is 19.2 Å². The van der Waals surface area contributed by atoms with Gasteiger partial charge in [-0.1, -0.05) is 0 Å². The molecule has 1 heterocycles. The Morgan fingerprint density at radius 3 is 2.85 bits per heavy atom. The molecule has 1 unspecified atom stereocenters. The lowest BCUT2D eigenvalue weighted by molar-refractivity contribution is -0.0714. The van der Waals surface area contributed by atoms with Crippen molar-refractivity contribution in [1.29, 1.82) is 0 Å². The quantitative estimate of drug-likeness (QED) is 0.604. The Hall–Kier alpha value is -0.160. The number of hydrogen-bond donors (Lipinski definition) is 2. The zero-order valence-electron chi connectivity index (χ0n) is 7.95. The first-order chi connectivity index (χ1) is 6.24. The molecular weight excluding hydrogens is 170 g/mol. The molecule has 1 spiro atoms. The number of aliphatic hydroxyl groups excluding tert-OH is 1. The SMILES string of the molecule is COCOC1CNC2(CC(O)C2)C1. The van der Waals surface area contributed by atoms with E-state index in [9.17, 15) is 5.11 Å². The zero-order chi connectivity index (χ0) is 9.31. The lowest BCUT2D eigenvalue weighted by atomic mass is 9.73. The molecule has 4 nitrogen and oxygen atoms in total. The molecule has 0 radical (unpaired) electrons. The molecule has 0 aromatic heterocycles. The molecule has 1 saturated heterocycles. The lowest BCUT2D eigenvalue weighted by Crippen LogP contribution is -2.53. The molecule has 1 aliphatic carbocycles. The number of aliphatic hydroxyl groups is 1. The van der Waals surface area contributed by atoms with E-state index in [0.717, 1.165) is 25.8 Å². The van der Waals surface area contributed by atoms with E-state index >= 15 is 0 Å². The predicted octanol–water partition coefficient (Wildman–Crippen LogP) is -0.138. The summed E-state index contributed by atoms with van der Waals surface area (Å²) in [7, 11) is 1.63. The predicted molar refractivity (Wildman–Crippen MR) is 47.3 cm³/mol. The highest BCUT2D eigenvalue weighted by molar-refractivity contribution is 5.07. The van der Waals surface area contributed by atoms with Gasteiger partial charge in [0.2, 0.25) is 0 Å². The Labute approximate surface area is 78.2 Å². The lowest BCUT2D eigenvalue weighted by Gasteiger charge is -2.42. The van der Waals surface area contributed by atoms with Crippen LogP contribution >= 0.6 is 0 Å². The second-order valence-electron chi connectivity index (χ2n) is 4.12. The average Bonchev–Trinajstić information content (AvgIpc) is 2.45. The fourth-order valence-corrected chi connectivity index (χ4v) is 2.35. The summed E-state index contributed by atoms with van der Waals surface area (Å²) in [5.41, 5.74) is 0.178. The second kappa shape index (κ2) is 3.53. The number of rotatable bonds is 3. The van der Waals surface area contributed by atoms with Gasteiger partial charge in [0.1, 0.15) is 6.79 Å². The van der Waals surface area contributed by atoms with Crippen molar-refractivity contribution < 1.29 is 14.6 Å². The van der Waals surface area contributed by atoms with Gasteiger partial charge in [-0.15, -0.1) is 0 Å². The van der Waals surface area contributed by atoms with Crippen LogP contribution in [0.15, 0.2) is 0 Å². The third-order valence-corrected chi connectivity index (χ3v) is 3.00. The molecule has 1 aliphatic heterocycles. The van der Waals surface area contributed by atoms with E-state index in [4.69, 9.17) is 9.47 Å². The van der Waals surface area contributed by atoms with Crippen LogP contribution < -0.4 is 5.32 Å². The van der Waals surface area contributed by atoms with Gasteiger partial charge in [0.15, 0.2) is 0 Å². The van der Waals surface area contributed by atoms with Crippen molar-refractivity contribution in [2.24, 2.45) is 0 Å². The van der Waals surface area contributed by atoms with Crippen molar-refractivity contribution in [1.82, 2.24) is 5.32 Å². The molecule has 0 aromatic rings. The van der Waals surface area contributed by atoms with Crippen LogP contribution in [-0.2, 0) is 9.47 Å². The first-order valence-electron chi connectivity index (χ1n) is 4.78. The van der Waals surface area contributed by atoms with Crippen molar-refractivity contribution in [3.05, 3.63) is 0 Å². The van der Waals surface area contributed by atoms with Crippen LogP contribution in [-0.4, -0.2) is 43.3 Å². The molecule has 2 N–H and O–H groups in total. The van der Waals surface area contributed by atoms with E-state index in [-0.39, 0.29) is 17.7 Å². The summed E-state index contributed by atoms with van der Waals surface area (Å²) < 4.78 is 10.3. The van der Waals surface area contributed by atoms with Crippen LogP contribution in [0.3, 0.4) is 0 Å². The van der Waals surface area contributed by atoms with Crippen LogP contribution in [0.2, 0.25) is 0 Å². The summed E-state index contributed by atoms with van der Waals surface area (Å²) >= 11 is 0. The fourth-order valence-electron chi connectivity index (χ4n) is 2.35. The maximum Gasteiger partial charge on any atom is 0.146 e. The summed E-state index contributed by atoms with van der Waals surface area (Å²) in [6.07, 6.45) is 2.91. The van der Waals surface area contributed by atoms with Crippen LogP contribution in [0.4, 0.5) is 0 Å². The first-order valence-corrected chi connectivity index (χ1v) is 4.78. The Balaban J connectivity index is 1.75. The third-order valence-electron chi connectivity index (χ3n) is 3.00. The van der Waals surface area contributed by atoms with E-state index in [1.807, 2.05) is 0 Å². The van der Waals surface area contributed by atoms with E-state index < -0.39 is 0 Å². The standard InChI is InChI=1S/C9H17NO3/c1-12-6-13-8-4-9(10-5-8)2-7(11)3-9/h7-8,10-11H,2-6H2,1H3. The summed E-state index contributed by atoms with van der Waals surface area (Å²) in [6.45, 7) is 1.25. The van der Waals surface area contributed by atoms with Gasteiger partial charge < -0.3 is 19.9 Å². The van der Waals surface area contributed by atoms with Crippen LogP contribution in [0.25, 0.3) is 0 Å². The fraction of sp³-hybridized carbons (Fsp3) is 1.00. The summed E-state index contributed by atoms with van der Waals surface area (Å²) in [4.78, 5) is 0. The highest BCUT2D eigenvalue weighted by Gasteiger charge is 2.48. The minimum atomic E-state index is -0.103. The first kappa shape index (κ1) is 9.40. The van der Waals surface area contributed by atoms with Crippen molar-refractivity contribution in [2.75, 3.05) is 20.4 Å². The normalized spacial score (nSPS) is 43.8. The van der Waals surface area contributed by atoms with Crippen molar-refractivity contribution >= 4 is 0 Å². The summed E-state index contributed by atoms with van der Waals surface area (Å²) in [6, 6.07) is 0. The Morgan fingerprint density at radius 2 is 2.23 bits per heavy atom.